The highest BCUT2D eigenvalue weighted by molar-refractivity contribution is 6.37. The number of benzene rings is 2. The van der Waals surface area contributed by atoms with Crippen molar-refractivity contribution in [3.63, 3.8) is 0 Å². The number of ether oxygens (including phenoxy) is 1. The lowest BCUT2D eigenvalue weighted by Crippen LogP contribution is -2.31. The summed E-state index contributed by atoms with van der Waals surface area (Å²) in [5.74, 6) is -1.24. The zero-order chi connectivity index (χ0) is 18.6. The van der Waals surface area contributed by atoms with E-state index >= 15 is 0 Å². The van der Waals surface area contributed by atoms with Crippen LogP contribution in [0.2, 0.25) is 15.1 Å². The Morgan fingerprint density at radius 2 is 1.76 bits per heavy atom. The predicted octanol–water partition coefficient (Wildman–Crippen LogP) is 4.26. The van der Waals surface area contributed by atoms with Crippen LogP contribution in [0.5, 0.6) is 0 Å². The molecule has 0 aromatic heterocycles. The number of hydrogen-bond donors (Lipinski definition) is 2. The molecule has 1 atom stereocenters. The molecule has 2 aromatic carbocycles. The molecule has 1 amide bonds. The first-order valence-corrected chi connectivity index (χ1v) is 8.37. The minimum absolute atomic E-state index is 0.0102. The van der Waals surface area contributed by atoms with E-state index in [4.69, 9.17) is 45.3 Å². The number of nitrogens with two attached hydrogens (primary N) is 1. The molecule has 2 rings (SSSR count). The molecule has 0 aliphatic rings. The fourth-order valence-corrected chi connectivity index (χ4v) is 2.70. The third-order valence-corrected chi connectivity index (χ3v) is 4.18. The lowest BCUT2D eigenvalue weighted by molar-refractivity contribution is -0.124. The van der Waals surface area contributed by atoms with Gasteiger partial charge in [-0.2, -0.15) is 0 Å². The zero-order valence-corrected chi connectivity index (χ0v) is 15.5. The van der Waals surface area contributed by atoms with E-state index in [1.807, 2.05) is 0 Å². The smallest absolute Gasteiger partial charge is 0.340 e. The van der Waals surface area contributed by atoms with Crippen molar-refractivity contribution in [2.24, 2.45) is 0 Å². The van der Waals surface area contributed by atoms with Gasteiger partial charge in [-0.3, -0.25) is 4.79 Å². The molecular formula is C17H15Cl3N2O3. The van der Waals surface area contributed by atoms with Crippen molar-refractivity contribution in [1.29, 1.82) is 0 Å². The summed E-state index contributed by atoms with van der Waals surface area (Å²) in [6.07, 6.45) is 0. The van der Waals surface area contributed by atoms with Gasteiger partial charge in [0.25, 0.3) is 5.91 Å². The molecule has 2 aromatic rings. The number of rotatable bonds is 5. The molecule has 0 heterocycles. The third kappa shape index (κ3) is 5.26. The van der Waals surface area contributed by atoms with Crippen molar-refractivity contribution in [2.75, 3.05) is 12.3 Å². The maximum absolute atomic E-state index is 12.1. The second-order valence-corrected chi connectivity index (χ2v) is 6.55. The van der Waals surface area contributed by atoms with Crippen LogP contribution in [0.4, 0.5) is 5.69 Å². The Balaban J connectivity index is 1.93. The minimum atomic E-state index is -0.781. The zero-order valence-electron chi connectivity index (χ0n) is 13.2. The van der Waals surface area contributed by atoms with Gasteiger partial charge in [0.15, 0.2) is 6.61 Å². The molecule has 0 radical (unpaired) electrons. The number of nitrogens with one attached hydrogen (secondary N) is 1. The van der Waals surface area contributed by atoms with Crippen molar-refractivity contribution >= 4 is 52.4 Å². The molecule has 0 fully saturated rings. The van der Waals surface area contributed by atoms with Gasteiger partial charge in [0.1, 0.15) is 0 Å². The number of carbonyl (C=O) groups excluding carboxylic acids is 2. The molecule has 0 aliphatic heterocycles. The molecule has 0 unspecified atom stereocenters. The van der Waals surface area contributed by atoms with Crippen LogP contribution in [-0.2, 0) is 9.53 Å². The van der Waals surface area contributed by atoms with Crippen LogP contribution in [0.3, 0.4) is 0 Å². The number of carbonyl (C=O) groups is 2. The van der Waals surface area contributed by atoms with E-state index in [1.165, 1.54) is 12.1 Å². The summed E-state index contributed by atoms with van der Waals surface area (Å²) in [5, 5.41) is 3.70. The molecule has 3 N–H and O–H groups in total. The number of esters is 1. The number of amides is 1. The van der Waals surface area contributed by atoms with Crippen molar-refractivity contribution in [3.8, 4) is 0 Å². The minimum Gasteiger partial charge on any atom is -0.452 e. The van der Waals surface area contributed by atoms with Crippen LogP contribution in [0.15, 0.2) is 36.4 Å². The van der Waals surface area contributed by atoms with Crippen LogP contribution >= 0.6 is 34.8 Å². The van der Waals surface area contributed by atoms with Gasteiger partial charge in [-0.25, -0.2) is 4.79 Å². The number of nitrogen functional groups attached to an aromatic ring is 1. The maximum Gasteiger partial charge on any atom is 0.340 e. The van der Waals surface area contributed by atoms with Gasteiger partial charge in [-0.15, -0.1) is 0 Å². The first-order valence-electron chi connectivity index (χ1n) is 7.24. The molecule has 25 heavy (non-hydrogen) atoms. The Bertz CT molecular complexity index is 794. The molecule has 0 saturated carbocycles. The fraction of sp³-hybridized carbons (Fsp3) is 0.176. The highest BCUT2D eigenvalue weighted by atomic mass is 35.5. The highest BCUT2D eigenvalue weighted by Gasteiger charge is 2.17. The van der Waals surface area contributed by atoms with Gasteiger partial charge >= 0.3 is 5.97 Å². The average molecular weight is 402 g/mol. The lowest BCUT2D eigenvalue weighted by atomic mass is 10.1. The van der Waals surface area contributed by atoms with Crippen LogP contribution in [0, 0.1) is 0 Å². The lowest BCUT2D eigenvalue weighted by Gasteiger charge is -2.15. The first kappa shape index (κ1) is 19.4. The quantitative estimate of drug-likeness (QED) is 0.579. The monoisotopic (exact) mass is 400 g/mol. The third-order valence-electron chi connectivity index (χ3n) is 3.40. The summed E-state index contributed by atoms with van der Waals surface area (Å²) in [5.41, 5.74) is 6.65. The van der Waals surface area contributed by atoms with Crippen molar-refractivity contribution < 1.29 is 14.3 Å². The summed E-state index contributed by atoms with van der Waals surface area (Å²) < 4.78 is 4.97. The molecule has 5 nitrogen and oxygen atoms in total. The van der Waals surface area contributed by atoms with E-state index in [0.29, 0.717) is 5.02 Å². The van der Waals surface area contributed by atoms with Gasteiger partial charge in [0.2, 0.25) is 0 Å². The molecule has 132 valence electrons. The second-order valence-electron chi connectivity index (χ2n) is 5.27. The van der Waals surface area contributed by atoms with Crippen LogP contribution in [-0.4, -0.2) is 18.5 Å². The van der Waals surface area contributed by atoms with Crippen LogP contribution < -0.4 is 11.1 Å². The Labute approximate surface area is 160 Å². The van der Waals surface area contributed by atoms with Crippen LogP contribution in [0.25, 0.3) is 0 Å². The first-order chi connectivity index (χ1) is 11.8. The van der Waals surface area contributed by atoms with Gasteiger partial charge in [-0.1, -0.05) is 46.9 Å². The van der Waals surface area contributed by atoms with E-state index in [-0.39, 0.29) is 27.3 Å². The maximum atomic E-state index is 12.1. The summed E-state index contributed by atoms with van der Waals surface area (Å²) in [7, 11) is 0. The second kappa shape index (κ2) is 8.43. The van der Waals surface area contributed by atoms with Crippen molar-refractivity contribution in [2.45, 2.75) is 13.0 Å². The van der Waals surface area contributed by atoms with Gasteiger partial charge in [0.05, 0.1) is 22.3 Å². The van der Waals surface area contributed by atoms with E-state index in [2.05, 4.69) is 5.32 Å². The fourth-order valence-electron chi connectivity index (χ4n) is 2.08. The number of hydrogen-bond acceptors (Lipinski definition) is 4. The van der Waals surface area contributed by atoms with Gasteiger partial charge in [0, 0.05) is 10.0 Å². The molecule has 8 heteroatoms. The average Bonchev–Trinajstić information content (AvgIpc) is 2.56. The van der Waals surface area contributed by atoms with Crippen molar-refractivity contribution in [1.82, 2.24) is 5.32 Å². The largest absolute Gasteiger partial charge is 0.452 e. The standard InChI is InChI=1S/C17H15Cl3N2O3/c1-9(10-2-4-11(18)5-3-10)22-15(23)8-25-17(24)13-6-12(19)7-14(20)16(13)21/h2-7,9H,8,21H2,1H3,(H,22,23)/t9-/m0/s1. The normalized spacial score (nSPS) is 11.7. The number of halogens is 3. The molecule has 0 saturated heterocycles. The molecule has 0 spiro atoms. The van der Waals surface area contributed by atoms with E-state index in [0.717, 1.165) is 5.56 Å². The summed E-state index contributed by atoms with van der Waals surface area (Å²) in [4.78, 5) is 24.0. The Morgan fingerprint density at radius 1 is 1.12 bits per heavy atom. The van der Waals surface area contributed by atoms with E-state index < -0.39 is 18.5 Å². The van der Waals surface area contributed by atoms with Crippen molar-refractivity contribution in [3.05, 3.63) is 62.6 Å². The molecular weight excluding hydrogens is 387 g/mol. The van der Waals surface area contributed by atoms with E-state index in [1.54, 1.807) is 31.2 Å². The van der Waals surface area contributed by atoms with E-state index in [9.17, 15) is 9.59 Å². The Hall–Kier alpha value is -1.95. The van der Waals surface area contributed by atoms with Crippen LogP contribution in [0.1, 0.15) is 28.9 Å². The van der Waals surface area contributed by atoms with Gasteiger partial charge in [-0.05, 0) is 36.8 Å². The molecule has 0 bridgehead atoms. The predicted molar refractivity (Wildman–Crippen MR) is 99.2 cm³/mol. The summed E-state index contributed by atoms with van der Waals surface area (Å²) >= 11 is 17.5. The summed E-state index contributed by atoms with van der Waals surface area (Å²) in [6.45, 7) is 1.35. The molecule has 0 aliphatic carbocycles. The van der Waals surface area contributed by atoms with Gasteiger partial charge < -0.3 is 15.8 Å². The SMILES string of the molecule is C[C@H](NC(=O)COC(=O)c1cc(Cl)cc(Cl)c1N)c1ccc(Cl)cc1. The topological polar surface area (TPSA) is 81.4 Å². The Kier molecular flexibility index (Phi) is 6.53. The number of anilines is 1. The summed E-state index contributed by atoms with van der Waals surface area (Å²) in [6, 6.07) is 9.53. The Morgan fingerprint density at radius 3 is 2.40 bits per heavy atom. The highest BCUT2D eigenvalue weighted by Crippen LogP contribution is 2.28.